The molecule has 1 atom stereocenters. The normalized spacial score (nSPS) is 20.0. The van der Waals surface area contributed by atoms with Gasteiger partial charge in [0.2, 0.25) is 11.8 Å². The fraction of sp³-hybridized carbons (Fsp3) is 0.700. The lowest BCUT2D eigenvalue weighted by atomic mass is 10.0. The Bertz CT molecular complexity index is 321. The molecule has 0 aromatic heterocycles. The van der Waals surface area contributed by atoms with Crippen LogP contribution in [0.1, 0.15) is 19.3 Å². The third kappa shape index (κ3) is 4.26. The monoisotopic (exact) mass is 260 g/mol. The Morgan fingerprint density at radius 2 is 2.00 bits per heavy atom. The topological polar surface area (TPSA) is 101 Å². The number of hydrogen-bond acceptors (Lipinski definition) is 4. The molecule has 2 amide bonds. The van der Waals surface area contributed by atoms with Crippen LogP contribution in [0.25, 0.3) is 0 Å². The highest BCUT2D eigenvalue weighted by atomic mass is 32.2. The number of nitrogens with two attached hydrogens (primary N) is 1. The van der Waals surface area contributed by atoms with Gasteiger partial charge in [-0.2, -0.15) is 0 Å². The summed E-state index contributed by atoms with van der Waals surface area (Å²) in [5.41, 5.74) is 5.24. The quantitative estimate of drug-likeness (QED) is 0.705. The van der Waals surface area contributed by atoms with Crippen LogP contribution in [0.15, 0.2) is 0 Å². The maximum atomic E-state index is 11.8. The average Bonchev–Trinajstić information content (AvgIpc) is 2.28. The summed E-state index contributed by atoms with van der Waals surface area (Å²) >= 11 is 1.03. The van der Waals surface area contributed by atoms with Crippen molar-refractivity contribution in [1.82, 2.24) is 4.90 Å². The zero-order chi connectivity index (χ0) is 12.8. The lowest BCUT2D eigenvalue weighted by molar-refractivity contribution is -0.138. The number of carbonyl (C=O) groups excluding carboxylic acids is 2. The van der Waals surface area contributed by atoms with Crippen molar-refractivity contribution in [2.45, 2.75) is 25.3 Å². The number of thioether (sulfide) groups is 1. The number of primary amides is 1. The molecule has 96 valence electrons. The zero-order valence-corrected chi connectivity index (χ0v) is 10.2. The van der Waals surface area contributed by atoms with Gasteiger partial charge in [-0.05, 0) is 19.3 Å². The molecule has 0 radical (unpaired) electrons. The molecular formula is C10H16N2O4S. The Balaban J connectivity index is 2.47. The minimum atomic E-state index is -0.951. The molecule has 3 N–H and O–H groups in total. The Kier molecular flexibility index (Phi) is 5.27. The predicted octanol–water partition coefficient (Wildman–Crippen LogP) is -0.329. The van der Waals surface area contributed by atoms with E-state index in [1.807, 2.05) is 0 Å². The van der Waals surface area contributed by atoms with Crippen LogP contribution in [0.2, 0.25) is 0 Å². The van der Waals surface area contributed by atoms with E-state index in [-0.39, 0.29) is 17.4 Å². The molecular weight excluding hydrogens is 244 g/mol. The Morgan fingerprint density at radius 1 is 1.29 bits per heavy atom. The Hall–Kier alpha value is -1.24. The number of amides is 2. The molecule has 17 heavy (non-hydrogen) atoms. The van der Waals surface area contributed by atoms with Gasteiger partial charge in [0.25, 0.3) is 0 Å². The molecule has 1 saturated heterocycles. The zero-order valence-electron chi connectivity index (χ0n) is 9.42. The molecule has 0 aromatic carbocycles. The maximum Gasteiger partial charge on any atom is 0.313 e. The fourth-order valence-corrected chi connectivity index (χ4v) is 2.45. The number of carboxylic acids is 1. The summed E-state index contributed by atoms with van der Waals surface area (Å²) in [5, 5.41) is 8.46. The average molecular weight is 260 g/mol. The van der Waals surface area contributed by atoms with Crippen molar-refractivity contribution in [1.29, 1.82) is 0 Å². The van der Waals surface area contributed by atoms with Gasteiger partial charge in [-0.25, -0.2) is 0 Å². The van der Waals surface area contributed by atoms with Crippen molar-refractivity contribution in [2.24, 2.45) is 5.73 Å². The minimum Gasteiger partial charge on any atom is -0.481 e. The van der Waals surface area contributed by atoms with Gasteiger partial charge in [0.05, 0.1) is 11.5 Å². The number of rotatable bonds is 5. The molecule has 1 rings (SSSR count). The summed E-state index contributed by atoms with van der Waals surface area (Å²) in [4.78, 5) is 34.8. The van der Waals surface area contributed by atoms with Crippen LogP contribution in [0.4, 0.5) is 0 Å². The molecule has 7 heteroatoms. The van der Waals surface area contributed by atoms with Gasteiger partial charge in [0.15, 0.2) is 0 Å². The molecule has 0 bridgehead atoms. The van der Waals surface area contributed by atoms with Crippen LogP contribution in [-0.4, -0.2) is 51.9 Å². The smallest absolute Gasteiger partial charge is 0.313 e. The van der Waals surface area contributed by atoms with Gasteiger partial charge in [-0.3, -0.25) is 14.4 Å². The molecule has 0 spiro atoms. The first-order valence-electron chi connectivity index (χ1n) is 5.40. The van der Waals surface area contributed by atoms with Gasteiger partial charge >= 0.3 is 5.97 Å². The SMILES string of the molecule is NC(=O)C1CCCCN1C(=O)CSCC(=O)O. The molecule has 0 saturated carbocycles. The summed E-state index contributed by atoms with van der Waals surface area (Å²) < 4.78 is 0. The largest absolute Gasteiger partial charge is 0.481 e. The second-order valence-corrected chi connectivity index (χ2v) is 4.87. The first kappa shape index (κ1) is 13.8. The van der Waals surface area contributed by atoms with Gasteiger partial charge in [0, 0.05) is 6.54 Å². The van der Waals surface area contributed by atoms with Crippen LogP contribution in [-0.2, 0) is 14.4 Å². The lowest BCUT2D eigenvalue weighted by Gasteiger charge is -2.33. The molecule has 1 aliphatic rings. The van der Waals surface area contributed by atoms with Crippen LogP contribution < -0.4 is 5.73 Å². The number of hydrogen-bond donors (Lipinski definition) is 2. The Morgan fingerprint density at radius 3 is 2.59 bits per heavy atom. The van der Waals surface area contributed by atoms with Gasteiger partial charge in [-0.15, -0.1) is 11.8 Å². The summed E-state index contributed by atoms with van der Waals surface area (Å²) in [6.45, 7) is 0.528. The van der Waals surface area contributed by atoms with E-state index in [9.17, 15) is 14.4 Å². The third-order valence-electron chi connectivity index (χ3n) is 2.60. The van der Waals surface area contributed by atoms with Gasteiger partial charge in [-0.1, -0.05) is 0 Å². The van der Waals surface area contributed by atoms with E-state index in [4.69, 9.17) is 10.8 Å². The fourth-order valence-electron chi connectivity index (χ4n) is 1.83. The molecule has 1 aliphatic heterocycles. The van der Waals surface area contributed by atoms with Gasteiger partial charge < -0.3 is 15.7 Å². The van der Waals surface area contributed by atoms with Crippen molar-refractivity contribution < 1.29 is 19.5 Å². The summed E-state index contributed by atoms with van der Waals surface area (Å²) in [6, 6.07) is -0.526. The number of carbonyl (C=O) groups is 3. The Labute approximate surface area is 104 Å². The highest BCUT2D eigenvalue weighted by molar-refractivity contribution is 8.00. The first-order chi connectivity index (χ1) is 8.02. The maximum absolute atomic E-state index is 11.8. The molecule has 0 aliphatic carbocycles. The van der Waals surface area contributed by atoms with E-state index in [1.165, 1.54) is 4.90 Å². The van der Waals surface area contributed by atoms with E-state index >= 15 is 0 Å². The molecule has 1 fully saturated rings. The van der Waals surface area contributed by atoms with Crippen LogP contribution in [0, 0.1) is 0 Å². The summed E-state index contributed by atoms with van der Waals surface area (Å²) in [7, 11) is 0. The highest BCUT2D eigenvalue weighted by Gasteiger charge is 2.30. The summed E-state index contributed by atoms with van der Waals surface area (Å²) in [5.74, 6) is -1.68. The van der Waals surface area contributed by atoms with Crippen LogP contribution in [0.5, 0.6) is 0 Å². The number of likely N-dealkylation sites (tertiary alicyclic amines) is 1. The molecule has 1 unspecified atom stereocenters. The second-order valence-electron chi connectivity index (χ2n) is 3.89. The minimum absolute atomic E-state index is 0.0794. The second kappa shape index (κ2) is 6.48. The van der Waals surface area contributed by atoms with Crippen LogP contribution in [0.3, 0.4) is 0 Å². The van der Waals surface area contributed by atoms with E-state index in [1.54, 1.807) is 0 Å². The van der Waals surface area contributed by atoms with E-state index in [0.717, 1.165) is 24.6 Å². The summed E-state index contributed by atoms with van der Waals surface area (Å²) in [6.07, 6.45) is 2.35. The van der Waals surface area contributed by atoms with E-state index in [2.05, 4.69) is 0 Å². The number of nitrogens with zero attached hydrogens (tertiary/aromatic N) is 1. The van der Waals surface area contributed by atoms with Crippen molar-refractivity contribution in [2.75, 3.05) is 18.1 Å². The van der Waals surface area contributed by atoms with Crippen molar-refractivity contribution in [3.05, 3.63) is 0 Å². The van der Waals surface area contributed by atoms with Gasteiger partial charge in [0.1, 0.15) is 6.04 Å². The number of piperidine rings is 1. The van der Waals surface area contributed by atoms with Crippen molar-refractivity contribution >= 4 is 29.5 Å². The third-order valence-corrected chi connectivity index (χ3v) is 3.50. The first-order valence-corrected chi connectivity index (χ1v) is 6.56. The van der Waals surface area contributed by atoms with E-state index in [0.29, 0.717) is 13.0 Å². The molecule has 1 heterocycles. The number of aliphatic carboxylic acids is 1. The highest BCUT2D eigenvalue weighted by Crippen LogP contribution is 2.18. The number of carboxylic acid groups (broad SMARTS) is 1. The van der Waals surface area contributed by atoms with Crippen molar-refractivity contribution in [3.63, 3.8) is 0 Å². The molecule has 6 nitrogen and oxygen atoms in total. The lowest BCUT2D eigenvalue weighted by Crippen LogP contribution is -2.51. The van der Waals surface area contributed by atoms with Crippen LogP contribution >= 0.6 is 11.8 Å². The van der Waals surface area contributed by atoms with E-state index < -0.39 is 17.9 Å². The van der Waals surface area contributed by atoms with Crippen molar-refractivity contribution in [3.8, 4) is 0 Å². The standard InChI is InChI=1S/C10H16N2O4S/c11-10(16)7-3-1-2-4-12(7)8(13)5-17-6-9(14)15/h7H,1-6H2,(H2,11,16)(H,14,15). The predicted molar refractivity (Wildman–Crippen MR) is 63.5 cm³/mol. The molecule has 0 aromatic rings.